The van der Waals surface area contributed by atoms with Gasteiger partial charge in [-0.05, 0) is 37.1 Å². The number of fused-ring (bicyclic) bond motifs is 1. The van der Waals surface area contributed by atoms with Gasteiger partial charge in [0, 0.05) is 12.2 Å². The lowest BCUT2D eigenvalue weighted by Crippen LogP contribution is -3.62. The number of rotatable bonds is 3. The van der Waals surface area contributed by atoms with Crippen LogP contribution in [0.15, 0.2) is 53.5 Å². The smallest absolute Gasteiger partial charge is 0.368 e. The topological polar surface area (TPSA) is 55.1 Å². The highest BCUT2D eigenvalue weighted by Crippen LogP contribution is 2.30. The van der Waals surface area contributed by atoms with Crippen LogP contribution in [-0.4, -0.2) is 14.7 Å². The summed E-state index contributed by atoms with van der Waals surface area (Å²) < 4.78 is 3.58. The maximum Gasteiger partial charge on any atom is 0.368 e. The molecule has 3 aromatic rings. The zero-order valence-corrected chi connectivity index (χ0v) is 16.0. The Balaban J connectivity index is 1.92. The van der Waals surface area contributed by atoms with E-state index < -0.39 is 21.2 Å². The quantitative estimate of drug-likeness (QED) is 0.603. The maximum absolute atomic E-state index is 13.3. The molecule has 4 rings (SSSR count). The van der Waals surface area contributed by atoms with Gasteiger partial charge in [0.25, 0.3) is 0 Å². The number of hydrogen-bond acceptors (Lipinski definition) is 3. The van der Waals surface area contributed by atoms with Crippen LogP contribution in [0.25, 0.3) is 11.0 Å². The Morgan fingerprint density at radius 3 is 2.56 bits per heavy atom. The predicted octanol–water partition coefficient (Wildman–Crippen LogP) is 0.736. The summed E-state index contributed by atoms with van der Waals surface area (Å²) in [5.41, 5.74) is 0.574. The minimum Gasteiger partial charge on any atom is -0.503 e. The van der Waals surface area contributed by atoms with Crippen LogP contribution in [0.4, 0.5) is 0 Å². The van der Waals surface area contributed by atoms with Gasteiger partial charge in [-0.15, -0.1) is 0 Å². The third kappa shape index (κ3) is 3.17. The molecule has 0 atom stereocenters. The Bertz CT molecular complexity index is 947. The monoisotopic (exact) mass is 447 g/mol. The maximum atomic E-state index is 13.3. The van der Waals surface area contributed by atoms with E-state index in [0.29, 0.717) is 14.6 Å². The SMILES string of the molecule is O=c1c([I+]c2ccccc2)c(O)c2cccnc2n1C1CCCCC1. The first-order valence-electron chi connectivity index (χ1n) is 8.68. The highest BCUT2D eigenvalue weighted by molar-refractivity contribution is 5.81. The minimum atomic E-state index is -0.740. The van der Waals surface area contributed by atoms with Crippen molar-refractivity contribution in [3.8, 4) is 5.75 Å². The molecule has 25 heavy (non-hydrogen) atoms. The molecule has 2 aromatic heterocycles. The van der Waals surface area contributed by atoms with E-state index in [1.54, 1.807) is 6.20 Å². The summed E-state index contributed by atoms with van der Waals surface area (Å²) in [4.78, 5) is 17.7. The summed E-state index contributed by atoms with van der Waals surface area (Å²) in [6.07, 6.45) is 7.26. The van der Waals surface area contributed by atoms with Crippen molar-refractivity contribution in [2.45, 2.75) is 38.1 Å². The van der Waals surface area contributed by atoms with Crippen LogP contribution in [-0.2, 0) is 0 Å². The van der Waals surface area contributed by atoms with Gasteiger partial charge in [-0.3, -0.25) is 9.36 Å². The molecule has 1 aliphatic carbocycles. The predicted molar refractivity (Wildman–Crippen MR) is 93.6 cm³/mol. The Morgan fingerprint density at radius 1 is 1.04 bits per heavy atom. The van der Waals surface area contributed by atoms with E-state index in [4.69, 9.17) is 0 Å². The molecule has 128 valence electrons. The molecule has 1 saturated carbocycles. The average Bonchev–Trinajstić information content (AvgIpc) is 2.67. The van der Waals surface area contributed by atoms with Gasteiger partial charge in [0.15, 0.2) is 9.32 Å². The van der Waals surface area contributed by atoms with Crippen molar-refractivity contribution >= 4 is 11.0 Å². The van der Waals surface area contributed by atoms with Gasteiger partial charge < -0.3 is 5.11 Å². The first-order chi connectivity index (χ1) is 12.3. The summed E-state index contributed by atoms with van der Waals surface area (Å²) in [5.74, 6) is 0.122. The average molecular weight is 447 g/mol. The van der Waals surface area contributed by atoms with Gasteiger partial charge in [0.05, 0.1) is 5.39 Å². The summed E-state index contributed by atoms with van der Waals surface area (Å²) in [5, 5.41) is 11.5. The number of nitrogens with zero attached hydrogens (tertiary/aromatic N) is 2. The van der Waals surface area contributed by atoms with Crippen molar-refractivity contribution in [2.24, 2.45) is 0 Å². The van der Waals surface area contributed by atoms with E-state index in [1.165, 1.54) is 6.42 Å². The number of pyridine rings is 2. The Kier molecular flexibility index (Phi) is 4.74. The number of hydrogen-bond donors (Lipinski definition) is 1. The number of benzene rings is 1. The molecule has 0 bridgehead atoms. The number of aromatic nitrogens is 2. The summed E-state index contributed by atoms with van der Waals surface area (Å²) >= 11 is -0.740. The standard InChI is InChI=1S/C20H19IN2O2/c24-18-16-12-7-13-22-19(16)23(15-10-5-2-6-11-15)20(25)17(18)21-14-8-3-1-4-9-14/h1,3-4,7-9,12-13,15H,2,5-6,10-11H2/p+1. The van der Waals surface area contributed by atoms with E-state index >= 15 is 0 Å². The number of halogens is 1. The molecule has 0 radical (unpaired) electrons. The van der Waals surface area contributed by atoms with Gasteiger partial charge >= 0.3 is 30.3 Å². The van der Waals surface area contributed by atoms with Gasteiger partial charge in [0.1, 0.15) is 5.65 Å². The Morgan fingerprint density at radius 2 is 1.80 bits per heavy atom. The van der Waals surface area contributed by atoms with Crippen molar-refractivity contribution in [1.29, 1.82) is 0 Å². The molecule has 1 fully saturated rings. The van der Waals surface area contributed by atoms with Crippen LogP contribution in [0, 0.1) is 7.14 Å². The molecular weight excluding hydrogens is 427 g/mol. The minimum absolute atomic E-state index is 0.0488. The Labute approximate surface area is 156 Å². The normalized spacial score (nSPS) is 15.5. The van der Waals surface area contributed by atoms with E-state index in [2.05, 4.69) is 4.98 Å². The molecule has 5 heteroatoms. The second kappa shape index (κ2) is 7.15. The second-order valence-electron chi connectivity index (χ2n) is 6.39. The van der Waals surface area contributed by atoms with E-state index in [0.717, 1.165) is 29.3 Å². The molecule has 2 heterocycles. The van der Waals surface area contributed by atoms with Crippen LogP contribution in [0.5, 0.6) is 5.75 Å². The van der Waals surface area contributed by atoms with Crippen LogP contribution in [0.3, 0.4) is 0 Å². The molecule has 0 spiro atoms. The van der Waals surface area contributed by atoms with Gasteiger partial charge in [-0.25, -0.2) is 4.98 Å². The van der Waals surface area contributed by atoms with Crippen LogP contribution in [0.1, 0.15) is 38.1 Å². The molecule has 0 saturated heterocycles. The molecular formula is C20H20IN2O2+. The molecule has 0 aliphatic heterocycles. The van der Waals surface area contributed by atoms with Crippen LogP contribution in [0.2, 0.25) is 0 Å². The van der Waals surface area contributed by atoms with Crippen molar-refractivity contribution in [3.63, 3.8) is 0 Å². The third-order valence-electron chi connectivity index (χ3n) is 4.76. The molecule has 1 N–H and O–H groups in total. The molecule has 0 unspecified atom stereocenters. The molecule has 1 aromatic carbocycles. The van der Waals surface area contributed by atoms with Crippen LogP contribution < -0.4 is 26.8 Å². The van der Waals surface area contributed by atoms with E-state index in [9.17, 15) is 9.90 Å². The lowest BCUT2D eigenvalue weighted by molar-refractivity contribution is -0.600. The zero-order chi connectivity index (χ0) is 17.2. The van der Waals surface area contributed by atoms with Crippen molar-refractivity contribution < 1.29 is 26.3 Å². The van der Waals surface area contributed by atoms with E-state index in [-0.39, 0.29) is 17.4 Å². The van der Waals surface area contributed by atoms with Crippen molar-refractivity contribution in [1.82, 2.24) is 9.55 Å². The molecule has 1 aliphatic rings. The molecule has 4 nitrogen and oxygen atoms in total. The van der Waals surface area contributed by atoms with Crippen molar-refractivity contribution in [3.05, 3.63) is 66.2 Å². The fraction of sp³-hybridized carbons (Fsp3) is 0.300. The highest BCUT2D eigenvalue weighted by atomic mass is 127. The van der Waals surface area contributed by atoms with Crippen LogP contribution >= 0.6 is 0 Å². The first-order valence-corrected chi connectivity index (χ1v) is 10.8. The third-order valence-corrected chi connectivity index (χ3v) is 7.61. The van der Waals surface area contributed by atoms with Gasteiger partial charge in [0.2, 0.25) is 0 Å². The number of aromatic hydroxyl groups is 1. The summed E-state index contributed by atoms with van der Waals surface area (Å²) in [7, 11) is 0. The lowest BCUT2D eigenvalue weighted by Gasteiger charge is -2.24. The largest absolute Gasteiger partial charge is 0.503 e. The van der Waals surface area contributed by atoms with Gasteiger partial charge in [-0.1, -0.05) is 37.5 Å². The Hall–Kier alpha value is -1.89. The molecule has 0 amide bonds. The first kappa shape index (κ1) is 16.6. The van der Waals surface area contributed by atoms with Crippen molar-refractivity contribution in [2.75, 3.05) is 0 Å². The summed E-state index contributed by atoms with van der Waals surface area (Å²) in [6, 6.07) is 13.9. The van der Waals surface area contributed by atoms with Gasteiger partial charge in [-0.2, -0.15) is 0 Å². The zero-order valence-electron chi connectivity index (χ0n) is 13.9. The fourth-order valence-corrected chi connectivity index (χ4v) is 5.98. The fourth-order valence-electron chi connectivity index (χ4n) is 3.55. The summed E-state index contributed by atoms with van der Waals surface area (Å²) in [6.45, 7) is 0. The van der Waals surface area contributed by atoms with E-state index in [1.807, 2.05) is 47.0 Å². The second-order valence-corrected chi connectivity index (χ2v) is 9.26. The highest BCUT2D eigenvalue weighted by Gasteiger charge is 2.31. The lowest BCUT2D eigenvalue weighted by atomic mass is 9.95.